The minimum absolute atomic E-state index is 0.268. The summed E-state index contributed by atoms with van der Waals surface area (Å²) in [5.74, 6) is 1.15. The van der Waals surface area contributed by atoms with Crippen LogP contribution in [0.2, 0.25) is 0 Å². The monoisotopic (exact) mass is 210 g/mol. The van der Waals surface area contributed by atoms with Crippen LogP contribution in [0.25, 0.3) is 16.9 Å². The van der Waals surface area contributed by atoms with E-state index >= 15 is 0 Å². The number of imidazole rings is 1. The Morgan fingerprint density at radius 1 is 1.00 bits per heavy atom. The van der Waals surface area contributed by atoms with Crippen LogP contribution in [0.4, 0.5) is 0 Å². The molecule has 0 fully saturated rings. The van der Waals surface area contributed by atoms with Crippen molar-refractivity contribution in [2.24, 2.45) is 0 Å². The number of pyridine rings is 1. The van der Waals surface area contributed by atoms with Crippen molar-refractivity contribution in [3.63, 3.8) is 0 Å². The van der Waals surface area contributed by atoms with Crippen LogP contribution >= 0.6 is 0 Å². The molecular weight excluding hydrogens is 200 g/mol. The van der Waals surface area contributed by atoms with Crippen molar-refractivity contribution in [1.82, 2.24) is 9.38 Å². The Balaban J connectivity index is 2.22. The molecule has 2 heterocycles. The lowest BCUT2D eigenvalue weighted by Gasteiger charge is -2.01. The van der Waals surface area contributed by atoms with E-state index in [4.69, 9.17) is 0 Å². The largest absolute Gasteiger partial charge is 0.508 e. The van der Waals surface area contributed by atoms with Gasteiger partial charge in [-0.2, -0.15) is 0 Å². The number of aromatic hydroxyl groups is 1. The molecule has 0 aliphatic heterocycles. The van der Waals surface area contributed by atoms with Gasteiger partial charge in [0.1, 0.15) is 11.6 Å². The highest BCUT2D eigenvalue weighted by molar-refractivity contribution is 5.62. The van der Waals surface area contributed by atoms with Gasteiger partial charge in [-0.05, 0) is 36.4 Å². The van der Waals surface area contributed by atoms with Crippen LogP contribution in [0, 0.1) is 0 Å². The molecule has 0 unspecified atom stereocenters. The SMILES string of the molecule is Oc1ccc(-c2ncc3ccccn23)cc1. The van der Waals surface area contributed by atoms with Crippen molar-refractivity contribution < 1.29 is 5.11 Å². The summed E-state index contributed by atoms with van der Waals surface area (Å²) < 4.78 is 2.02. The zero-order chi connectivity index (χ0) is 11.0. The van der Waals surface area contributed by atoms with Gasteiger partial charge in [0.2, 0.25) is 0 Å². The molecule has 0 saturated heterocycles. The first-order valence-electron chi connectivity index (χ1n) is 5.06. The molecular formula is C13H10N2O. The summed E-state index contributed by atoms with van der Waals surface area (Å²) >= 11 is 0. The summed E-state index contributed by atoms with van der Waals surface area (Å²) in [5.41, 5.74) is 2.05. The average Bonchev–Trinajstić information content (AvgIpc) is 2.74. The Morgan fingerprint density at radius 3 is 2.62 bits per heavy atom. The summed E-state index contributed by atoms with van der Waals surface area (Å²) in [6.07, 6.45) is 3.81. The number of aromatic nitrogens is 2. The van der Waals surface area contributed by atoms with Gasteiger partial charge >= 0.3 is 0 Å². The van der Waals surface area contributed by atoms with Crippen molar-refractivity contribution in [3.05, 3.63) is 54.9 Å². The van der Waals surface area contributed by atoms with Crippen LogP contribution in [0.3, 0.4) is 0 Å². The molecule has 2 aromatic heterocycles. The van der Waals surface area contributed by atoms with Gasteiger partial charge in [-0.25, -0.2) is 4.98 Å². The number of hydrogen-bond donors (Lipinski definition) is 1. The van der Waals surface area contributed by atoms with E-state index in [1.165, 1.54) is 0 Å². The number of hydrogen-bond acceptors (Lipinski definition) is 2. The number of phenolic OH excluding ortho intramolecular Hbond substituents is 1. The zero-order valence-corrected chi connectivity index (χ0v) is 8.54. The van der Waals surface area contributed by atoms with E-state index in [-0.39, 0.29) is 5.75 Å². The van der Waals surface area contributed by atoms with Gasteiger partial charge in [0.05, 0.1) is 11.7 Å². The Morgan fingerprint density at radius 2 is 1.81 bits per heavy atom. The molecule has 1 aromatic carbocycles. The lowest BCUT2D eigenvalue weighted by molar-refractivity contribution is 0.475. The van der Waals surface area contributed by atoms with Crippen molar-refractivity contribution in [2.75, 3.05) is 0 Å². The molecule has 16 heavy (non-hydrogen) atoms. The molecule has 0 bridgehead atoms. The van der Waals surface area contributed by atoms with Crippen molar-refractivity contribution >= 4 is 5.52 Å². The van der Waals surface area contributed by atoms with Crippen molar-refractivity contribution in [3.8, 4) is 17.1 Å². The predicted molar refractivity (Wildman–Crippen MR) is 62.3 cm³/mol. The van der Waals surface area contributed by atoms with Gasteiger partial charge in [0.15, 0.2) is 0 Å². The first kappa shape index (κ1) is 8.97. The molecule has 3 aromatic rings. The summed E-state index contributed by atoms with van der Waals surface area (Å²) in [6.45, 7) is 0. The third-order valence-corrected chi connectivity index (χ3v) is 2.56. The molecule has 0 radical (unpaired) electrons. The van der Waals surface area contributed by atoms with E-state index < -0.39 is 0 Å². The van der Waals surface area contributed by atoms with Gasteiger partial charge in [0.25, 0.3) is 0 Å². The topological polar surface area (TPSA) is 37.5 Å². The second kappa shape index (κ2) is 3.38. The van der Waals surface area contributed by atoms with Crippen molar-refractivity contribution in [2.45, 2.75) is 0 Å². The fourth-order valence-electron chi connectivity index (χ4n) is 1.77. The molecule has 0 aliphatic rings. The van der Waals surface area contributed by atoms with Gasteiger partial charge in [-0.3, -0.25) is 4.40 Å². The van der Waals surface area contributed by atoms with Crippen LogP contribution < -0.4 is 0 Å². The number of fused-ring (bicyclic) bond motifs is 1. The number of benzene rings is 1. The van der Waals surface area contributed by atoms with Gasteiger partial charge in [-0.1, -0.05) is 6.07 Å². The van der Waals surface area contributed by atoms with Crippen LogP contribution in [-0.4, -0.2) is 14.5 Å². The number of nitrogens with zero attached hydrogens (tertiary/aromatic N) is 2. The van der Waals surface area contributed by atoms with Crippen molar-refractivity contribution in [1.29, 1.82) is 0 Å². The number of phenols is 1. The van der Waals surface area contributed by atoms with E-state index in [2.05, 4.69) is 4.98 Å². The molecule has 0 saturated carbocycles. The first-order chi connectivity index (χ1) is 7.84. The highest BCUT2D eigenvalue weighted by Gasteiger charge is 2.04. The molecule has 0 atom stereocenters. The van der Waals surface area contributed by atoms with Gasteiger partial charge in [0, 0.05) is 11.8 Å². The minimum atomic E-state index is 0.268. The molecule has 3 rings (SSSR count). The number of rotatable bonds is 1. The highest BCUT2D eigenvalue weighted by atomic mass is 16.3. The van der Waals surface area contributed by atoms with Gasteiger partial charge in [-0.15, -0.1) is 0 Å². The summed E-state index contributed by atoms with van der Waals surface area (Å²) in [4.78, 5) is 4.38. The third kappa shape index (κ3) is 1.34. The van der Waals surface area contributed by atoms with E-state index in [1.807, 2.05) is 47.1 Å². The third-order valence-electron chi connectivity index (χ3n) is 2.56. The maximum atomic E-state index is 9.24. The van der Waals surface area contributed by atoms with Crippen LogP contribution in [0.1, 0.15) is 0 Å². The zero-order valence-electron chi connectivity index (χ0n) is 8.54. The quantitative estimate of drug-likeness (QED) is 0.670. The van der Waals surface area contributed by atoms with Crippen LogP contribution in [-0.2, 0) is 0 Å². The Bertz CT molecular complexity index is 626. The molecule has 0 amide bonds. The van der Waals surface area contributed by atoms with Crippen LogP contribution in [0.5, 0.6) is 5.75 Å². The summed E-state index contributed by atoms with van der Waals surface area (Å²) in [5, 5.41) is 9.24. The average molecular weight is 210 g/mol. The first-order valence-corrected chi connectivity index (χ1v) is 5.06. The molecule has 78 valence electrons. The van der Waals surface area contributed by atoms with Gasteiger partial charge < -0.3 is 5.11 Å². The van der Waals surface area contributed by atoms with E-state index in [1.54, 1.807) is 12.1 Å². The van der Waals surface area contributed by atoms with E-state index in [0.717, 1.165) is 16.9 Å². The Labute approximate surface area is 92.6 Å². The maximum absolute atomic E-state index is 9.24. The maximum Gasteiger partial charge on any atom is 0.144 e. The molecule has 0 spiro atoms. The molecule has 0 aliphatic carbocycles. The Hall–Kier alpha value is -2.29. The van der Waals surface area contributed by atoms with E-state index in [9.17, 15) is 5.11 Å². The fraction of sp³-hybridized carbons (Fsp3) is 0. The second-order valence-corrected chi connectivity index (χ2v) is 3.62. The second-order valence-electron chi connectivity index (χ2n) is 3.62. The fourth-order valence-corrected chi connectivity index (χ4v) is 1.77. The molecule has 3 heteroatoms. The standard InChI is InChI=1S/C13H10N2O/c16-12-6-4-10(5-7-12)13-14-9-11-3-1-2-8-15(11)13/h1-9,16H. The molecule has 3 nitrogen and oxygen atoms in total. The lowest BCUT2D eigenvalue weighted by Crippen LogP contribution is -1.87. The Kier molecular flexibility index (Phi) is 1.90. The molecule has 1 N–H and O–H groups in total. The van der Waals surface area contributed by atoms with E-state index in [0.29, 0.717) is 0 Å². The predicted octanol–water partition coefficient (Wildman–Crippen LogP) is 2.71. The van der Waals surface area contributed by atoms with Crippen LogP contribution in [0.15, 0.2) is 54.9 Å². The highest BCUT2D eigenvalue weighted by Crippen LogP contribution is 2.21. The summed E-state index contributed by atoms with van der Waals surface area (Å²) in [7, 11) is 0. The lowest BCUT2D eigenvalue weighted by atomic mass is 10.2. The smallest absolute Gasteiger partial charge is 0.144 e. The summed E-state index contributed by atoms with van der Waals surface area (Å²) in [6, 6.07) is 13.0. The minimum Gasteiger partial charge on any atom is -0.508 e. The normalized spacial score (nSPS) is 10.8.